The van der Waals surface area contributed by atoms with Crippen molar-refractivity contribution >= 4 is 11.6 Å². The van der Waals surface area contributed by atoms with Gasteiger partial charge in [-0.25, -0.2) is 4.39 Å². The summed E-state index contributed by atoms with van der Waals surface area (Å²) in [5, 5.41) is 0. The van der Waals surface area contributed by atoms with Crippen LogP contribution in [0.2, 0.25) is 0 Å². The lowest BCUT2D eigenvalue weighted by molar-refractivity contribution is 0.330. The third-order valence-corrected chi connectivity index (χ3v) is 3.37. The first-order valence-electron chi connectivity index (χ1n) is 6.21. The van der Waals surface area contributed by atoms with Crippen molar-refractivity contribution in [2.75, 3.05) is 5.88 Å². The zero-order chi connectivity index (χ0) is 12.9. The number of hydrogen-bond donors (Lipinski definition) is 0. The van der Waals surface area contributed by atoms with Gasteiger partial charge in [0, 0.05) is 5.88 Å². The third-order valence-electron chi connectivity index (χ3n) is 2.93. The monoisotopic (exact) mass is 256 g/mol. The van der Waals surface area contributed by atoms with E-state index in [-0.39, 0.29) is 5.82 Å². The summed E-state index contributed by atoms with van der Waals surface area (Å²) in [4.78, 5) is 0. The van der Waals surface area contributed by atoms with E-state index < -0.39 is 0 Å². The first-order valence-corrected chi connectivity index (χ1v) is 6.74. The zero-order valence-electron chi connectivity index (χ0n) is 11.0. The van der Waals surface area contributed by atoms with Crippen LogP contribution in [-0.2, 0) is 6.42 Å². The highest BCUT2D eigenvalue weighted by molar-refractivity contribution is 6.18. The molecule has 0 aliphatic heterocycles. The number of benzene rings is 1. The molecule has 2 heteroatoms. The molecule has 0 saturated carbocycles. The van der Waals surface area contributed by atoms with E-state index in [0.29, 0.717) is 17.2 Å². The topological polar surface area (TPSA) is 0 Å². The van der Waals surface area contributed by atoms with E-state index in [2.05, 4.69) is 20.8 Å². The molecule has 1 rings (SSSR count). The van der Waals surface area contributed by atoms with E-state index in [4.69, 9.17) is 11.6 Å². The molecule has 0 aliphatic rings. The van der Waals surface area contributed by atoms with Crippen LogP contribution in [0.1, 0.15) is 39.2 Å². The van der Waals surface area contributed by atoms with Gasteiger partial charge in [-0.1, -0.05) is 32.9 Å². The SMILES string of the molecule is CC(C)(C)CCC(CCl)Cc1cccc(F)c1. The highest BCUT2D eigenvalue weighted by atomic mass is 35.5. The summed E-state index contributed by atoms with van der Waals surface area (Å²) in [6.45, 7) is 6.71. The van der Waals surface area contributed by atoms with E-state index in [1.165, 1.54) is 6.07 Å². The molecule has 0 saturated heterocycles. The van der Waals surface area contributed by atoms with E-state index in [1.54, 1.807) is 12.1 Å². The lowest BCUT2D eigenvalue weighted by Crippen LogP contribution is -2.12. The normalized spacial score (nSPS) is 13.7. The van der Waals surface area contributed by atoms with E-state index >= 15 is 0 Å². The fraction of sp³-hybridized carbons (Fsp3) is 0.600. The molecule has 1 atom stereocenters. The molecule has 0 N–H and O–H groups in total. The van der Waals surface area contributed by atoms with Crippen LogP contribution >= 0.6 is 11.6 Å². The number of alkyl halides is 1. The maximum absolute atomic E-state index is 13.1. The van der Waals surface area contributed by atoms with Crippen molar-refractivity contribution in [2.24, 2.45) is 11.3 Å². The Morgan fingerprint density at radius 2 is 2.00 bits per heavy atom. The van der Waals surface area contributed by atoms with Gasteiger partial charge in [0.15, 0.2) is 0 Å². The summed E-state index contributed by atoms with van der Waals surface area (Å²) in [6.07, 6.45) is 3.13. The quantitative estimate of drug-likeness (QED) is 0.647. The van der Waals surface area contributed by atoms with Gasteiger partial charge in [0.2, 0.25) is 0 Å². The molecule has 0 fully saturated rings. The number of hydrogen-bond acceptors (Lipinski definition) is 0. The first kappa shape index (κ1) is 14.5. The molecule has 1 aromatic rings. The van der Waals surface area contributed by atoms with Crippen LogP contribution in [0.25, 0.3) is 0 Å². The van der Waals surface area contributed by atoms with Gasteiger partial charge in [0.25, 0.3) is 0 Å². The van der Waals surface area contributed by atoms with Crippen LogP contribution in [0.5, 0.6) is 0 Å². The third kappa shape index (κ3) is 6.07. The van der Waals surface area contributed by atoms with Gasteiger partial charge in [0.1, 0.15) is 5.82 Å². The minimum Gasteiger partial charge on any atom is -0.207 e. The maximum Gasteiger partial charge on any atom is 0.123 e. The van der Waals surface area contributed by atoms with E-state index in [9.17, 15) is 4.39 Å². The summed E-state index contributed by atoms with van der Waals surface area (Å²) >= 11 is 5.99. The van der Waals surface area contributed by atoms with Crippen molar-refractivity contribution in [3.8, 4) is 0 Å². The summed E-state index contributed by atoms with van der Waals surface area (Å²) in [5.41, 5.74) is 1.39. The smallest absolute Gasteiger partial charge is 0.123 e. The Balaban J connectivity index is 2.52. The standard InChI is InChI=1S/C15H22ClF/c1-15(2,3)8-7-13(11-16)9-12-5-4-6-14(17)10-12/h4-6,10,13H,7-9,11H2,1-3H3. The highest BCUT2D eigenvalue weighted by Crippen LogP contribution is 2.26. The molecule has 17 heavy (non-hydrogen) atoms. The Morgan fingerprint density at radius 1 is 1.29 bits per heavy atom. The van der Waals surface area contributed by atoms with Gasteiger partial charge < -0.3 is 0 Å². The molecule has 0 heterocycles. The maximum atomic E-state index is 13.1. The highest BCUT2D eigenvalue weighted by Gasteiger charge is 2.15. The van der Waals surface area contributed by atoms with Crippen molar-refractivity contribution in [3.63, 3.8) is 0 Å². The molecule has 0 spiro atoms. The molecule has 0 radical (unpaired) electrons. The average Bonchev–Trinajstić information content (AvgIpc) is 2.23. The molecule has 1 unspecified atom stereocenters. The Hall–Kier alpha value is -0.560. The fourth-order valence-corrected chi connectivity index (χ4v) is 2.13. The Kier molecular flexibility index (Phi) is 5.45. The van der Waals surface area contributed by atoms with Crippen LogP contribution in [0, 0.1) is 17.2 Å². The van der Waals surface area contributed by atoms with Crippen LogP contribution in [0.4, 0.5) is 4.39 Å². The fourth-order valence-electron chi connectivity index (χ4n) is 1.87. The van der Waals surface area contributed by atoms with Gasteiger partial charge in [-0.05, 0) is 48.3 Å². The second-order valence-corrected chi connectivity index (χ2v) is 6.26. The molecule has 1 aromatic carbocycles. The van der Waals surface area contributed by atoms with Gasteiger partial charge in [-0.15, -0.1) is 11.6 Å². The van der Waals surface area contributed by atoms with Crippen molar-refractivity contribution in [1.29, 1.82) is 0 Å². The van der Waals surface area contributed by atoms with Crippen molar-refractivity contribution in [2.45, 2.75) is 40.0 Å². The summed E-state index contributed by atoms with van der Waals surface area (Å²) in [7, 11) is 0. The van der Waals surface area contributed by atoms with Crippen LogP contribution in [0.3, 0.4) is 0 Å². The number of rotatable bonds is 5. The first-order chi connectivity index (χ1) is 7.90. The van der Waals surface area contributed by atoms with Crippen LogP contribution in [0.15, 0.2) is 24.3 Å². The van der Waals surface area contributed by atoms with Crippen molar-refractivity contribution < 1.29 is 4.39 Å². The molecular formula is C15H22ClF. The summed E-state index contributed by atoms with van der Waals surface area (Å²) in [6, 6.07) is 6.82. The second kappa shape index (κ2) is 6.39. The Bertz CT molecular complexity index is 341. The molecule has 0 bridgehead atoms. The van der Waals surface area contributed by atoms with E-state index in [1.807, 2.05) is 6.07 Å². The van der Waals surface area contributed by atoms with Crippen molar-refractivity contribution in [1.82, 2.24) is 0 Å². The molecule has 0 aromatic heterocycles. The Labute approximate surface area is 109 Å². The van der Waals surface area contributed by atoms with Crippen LogP contribution in [-0.4, -0.2) is 5.88 Å². The number of halogens is 2. The predicted molar refractivity (Wildman–Crippen MR) is 73.0 cm³/mol. The molecular weight excluding hydrogens is 235 g/mol. The average molecular weight is 257 g/mol. The Morgan fingerprint density at radius 3 is 2.53 bits per heavy atom. The summed E-state index contributed by atoms with van der Waals surface area (Å²) < 4.78 is 13.1. The second-order valence-electron chi connectivity index (χ2n) is 5.95. The molecule has 96 valence electrons. The van der Waals surface area contributed by atoms with Gasteiger partial charge in [0.05, 0.1) is 0 Å². The lowest BCUT2D eigenvalue weighted by atomic mass is 9.85. The minimum atomic E-state index is -0.161. The van der Waals surface area contributed by atoms with Gasteiger partial charge in [-0.3, -0.25) is 0 Å². The zero-order valence-corrected chi connectivity index (χ0v) is 11.7. The largest absolute Gasteiger partial charge is 0.207 e. The molecule has 0 amide bonds. The lowest BCUT2D eigenvalue weighted by Gasteiger charge is -2.22. The molecule has 0 nitrogen and oxygen atoms in total. The molecule has 0 aliphatic carbocycles. The predicted octanol–water partition coefficient (Wildman–Crippen LogP) is 5.05. The van der Waals surface area contributed by atoms with Gasteiger partial charge in [-0.2, -0.15) is 0 Å². The van der Waals surface area contributed by atoms with Crippen LogP contribution < -0.4 is 0 Å². The van der Waals surface area contributed by atoms with Crippen molar-refractivity contribution in [3.05, 3.63) is 35.6 Å². The van der Waals surface area contributed by atoms with E-state index in [0.717, 1.165) is 24.8 Å². The summed E-state index contributed by atoms with van der Waals surface area (Å²) in [5.74, 6) is 0.927. The van der Waals surface area contributed by atoms with Gasteiger partial charge >= 0.3 is 0 Å². The minimum absolute atomic E-state index is 0.161.